The van der Waals surface area contributed by atoms with Crippen molar-refractivity contribution in [3.63, 3.8) is 0 Å². The second kappa shape index (κ2) is 3.81. The summed E-state index contributed by atoms with van der Waals surface area (Å²) >= 11 is 0. The quantitative estimate of drug-likeness (QED) is 0.361. The van der Waals surface area contributed by atoms with Gasteiger partial charge >= 0.3 is 12.1 Å². The first-order chi connectivity index (χ1) is 8.88. The van der Waals surface area contributed by atoms with Crippen molar-refractivity contribution < 1.29 is 24.4 Å². The van der Waals surface area contributed by atoms with Gasteiger partial charge in [0.15, 0.2) is 17.0 Å². The number of aromatic nitrogens is 4. The number of hydrogen-bond donors (Lipinski definition) is 4. The van der Waals surface area contributed by atoms with Gasteiger partial charge in [-0.2, -0.15) is 14.4 Å². The van der Waals surface area contributed by atoms with Crippen LogP contribution in [0.15, 0.2) is 6.33 Å². The standard InChI is InChI=1S/C9H10FN5O4/c10-8-13-6(11)5-7(14-8)15(2-12-5)4-1-3(16)9(17,18)19-4/h2-4,16-18H,1H2,(H2,11,13,14)/t3-,4+/m0/s1. The second-order valence-corrected chi connectivity index (χ2v) is 4.18. The molecule has 0 aliphatic carbocycles. The molecule has 3 rings (SSSR count). The third-order valence-electron chi connectivity index (χ3n) is 2.90. The van der Waals surface area contributed by atoms with Crippen LogP contribution in [0.3, 0.4) is 0 Å². The third-order valence-corrected chi connectivity index (χ3v) is 2.90. The summed E-state index contributed by atoms with van der Waals surface area (Å²) in [4.78, 5) is 10.8. The van der Waals surface area contributed by atoms with Crippen molar-refractivity contribution in [2.24, 2.45) is 0 Å². The molecule has 2 aromatic heterocycles. The van der Waals surface area contributed by atoms with Gasteiger partial charge in [-0.25, -0.2) is 4.98 Å². The van der Waals surface area contributed by atoms with Crippen LogP contribution < -0.4 is 5.73 Å². The lowest BCUT2D eigenvalue weighted by atomic mass is 10.2. The lowest BCUT2D eigenvalue weighted by Gasteiger charge is -2.18. The topological polar surface area (TPSA) is 140 Å². The van der Waals surface area contributed by atoms with Gasteiger partial charge in [0.2, 0.25) is 0 Å². The van der Waals surface area contributed by atoms with Crippen molar-refractivity contribution in [3.8, 4) is 0 Å². The number of fused-ring (bicyclic) bond motifs is 1. The molecule has 1 fully saturated rings. The highest BCUT2D eigenvalue weighted by molar-refractivity contribution is 5.81. The molecule has 3 heterocycles. The van der Waals surface area contributed by atoms with E-state index in [4.69, 9.17) is 10.5 Å². The monoisotopic (exact) mass is 271 g/mol. The molecule has 0 unspecified atom stereocenters. The number of anilines is 1. The van der Waals surface area contributed by atoms with Crippen LogP contribution in [0.25, 0.3) is 11.2 Å². The Morgan fingerprint density at radius 1 is 1.47 bits per heavy atom. The Morgan fingerprint density at radius 3 is 2.84 bits per heavy atom. The first-order valence-electron chi connectivity index (χ1n) is 5.34. The summed E-state index contributed by atoms with van der Waals surface area (Å²) in [5.41, 5.74) is 5.70. The Labute approximate surface area is 105 Å². The molecule has 0 amide bonds. The largest absolute Gasteiger partial charge is 0.384 e. The molecule has 1 aliphatic heterocycles. The lowest BCUT2D eigenvalue weighted by molar-refractivity contribution is -0.360. The minimum Gasteiger partial charge on any atom is -0.384 e. The van der Waals surface area contributed by atoms with Crippen LogP contribution in [0, 0.1) is 6.08 Å². The van der Waals surface area contributed by atoms with Crippen LogP contribution in [0.1, 0.15) is 12.6 Å². The van der Waals surface area contributed by atoms with Gasteiger partial charge in [0, 0.05) is 6.42 Å². The van der Waals surface area contributed by atoms with E-state index in [0.717, 1.165) is 0 Å². The Hall–Kier alpha value is -1.88. The maximum absolute atomic E-state index is 13.1. The normalized spacial score (nSPS) is 26.1. The number of nitrogens with two attached hydrogens (primary N) is 1. The molecule has 0 bridgehead atoms. The van der Waals surface area contributed by atoms with Crippen LogP contribution in [-0.2, 0) is 4.74 Å². The molecule has 10 heteroatoms. The van der Waals surface area contributed by atoms with Crippen LogP contribution in [-0.4, -0.2) is 46.9 Å². The van der Waals surface area contributed by atoms with Crippen LogP contribution in [0.5, 0.6) is 0 Å². The number of hydrogen-bond acceptors (Lipinski definition) is 8. The van der Waals surface area contributed by atoms with Crippen LogP contribution >= 0.6 is 0 Å². The summed E-state index contributed by atoms with van der Waals surface area (Å²) in [6.45, 7) is 0. The Balaban J connectivity index is 2.08. The maximum atomic E-state index is 13.1. The van der Waals surface area contributed by atoms with Gasteiger partial charge in [-0.1, -0.05) is 0 Å². The summed E-state index contributed by atoms with van der Waals surface area (Å²) in [5.74, 6) is -2.81. The predicted octanol–water partition coefficient (Wildman–Crippen LogP) is -1.53. The smallest absolute Gasteiger partial charge is 0.312 e. The average molecular weight is 271 g/mol. The molecule has 1 saturated heterocycles. The van der Waals surface area contributed by atoms with E-state index in [9.17, 15) is 19.7 Å². The molecular formula is C9H10FN5O4. The molecule has 9 nitrogen and oxygen atoms in total. The number of aliphatic hydroxyl groups is 3. The highest BCUT2D eigenvalue weighted by Gasteiger charge is 2.46. The van der Waals surface area contributed by atoms with E-state index in [2.05, 4.69) is 15.0 Å². The van der Waals surface area contributed by atoms with Gasteiger partial charge in [-0.05, 0) is 0 Å². The van der Waals surface area contributed by atoms with Crippen LogP contribution in [0.2, 0.25) is 0 Å². The van der Waals surface area contributed by atoms with Crippen molar-refractivity contribution in [1.29, 1.82) is 0 Å². The number of ether oxygens (including phenoxy) is 1. The van der Waals surface area contributed by atoms with Gasteiger partial charge in [0.05, 0.1) is 6.33 Å². The zero-order valence-electron chi connectivity index (χ0n) is 9.43. The molecule has 1 aliphatic rings. The second-order valence-electron chi connectivity index (χ2n) is 4.18. The molecule has 0 radical (unpaired) electrons. The van der Waals surface area contributed by atoms with Gasteiger partial charge in [-0.15, -0.1) is 0 Å². The fraction of sp³-hybridized carbons (Fsp3) is 0.444. The number of rotatable bonds is 1. The molecule has 0 saturated carbocycles. The van der Waals surface area contributed by atoms with Crippen molar-refractivity contribution in [2.75, 3.05) is 5.73 Å². The minimum atomic E-state index is -2.67. The fourth-order valence-electron chi connectivity index (χ4n) is 1.96. The average Bonchev–Trinajstić information content (AvgIpc) is 2.81. The van der Waals surface area contributed by atoms with Crippen molar-refractivity contribution >= 4 is 17.0 Å². The summed E-state index contributed by atoms with van der Waals surface area (Å²) < 4.78 is 19.2. The molecule has 5 N–H and O–H groups in total. The van der Waals surface area contributed by atoms with Crippen molar-refractivity contribution in [2.45, 2.75) is 24.7 Å². The van der Waals surface area contributed by atoms with E-state index in [-0.39, 0.29) is 23.4 Å². The van der Waals surface area contributed by atoms with E-state index >= 15 is 0 Å². The van der Waals surface area contributed by atoms with E-state index in [1.165, 1.54) is 10.9 Å². The van der Waals surface area contributed by atoms with Crippen molar-refractivity contribution in [3.05, 3.63) is 12.4 Å². The highest BCUT2D eigenvalue weighted by Crippen LogP contribution is 2.34. The SMILES string of the molecule is Nc1nc(F)nc2c1ncn2[C@H]1C[C@H](O)C(O)(O)O1. The third kappa shape index (κ3) is 1.81. The molecule has 2 aromatic rings. The Morgan fingerprint density at radius 2 is 2.21 bits per heavy atom. The fourth-order valence-corrected chi connectivity index (χ4v) is 1.96. The zero-order chi connectivity index (χ0) is 13.8. The van der Waals surface area contributed by atoms with E-state index < -0.39 is 24.4 Å². The maximum Gasteiger partial charge on any atom is 0.312 e. The summed E-state index contributed by atoms with van der Waals surface area (Å²) in [6.07, 6.45) is -2.37. The zero-order valence-corrected chi connectivity index (χ0v) is 9.43. The highest BCUT2D eigenvalue weighted by atomic mass is 19.1. The van der Waals surface area contributed by atoms with E-state index in [0.29, 0.717) is 0 Å². The summed E-state index contributed by atoms with van der Waals surface area (Å²) in [7, 11) is 0. The molecular weight excluding hydrogens is 261 g/mol. The number of imidazole rings is 1. The summed E-state index contributed by atoms with van der Waals surface area (Å²) in [5, 5.41) is 28.1. The summed E-state index contributed by atoms with van der Waals surface area (Å²) in [6, 6.07) is 0. The predicted molar refractivity (Wildman–Crippen MR) is 57.6 cm³/mol. The number of aliphatic hydroxyl groups excluding tert-OH is 1. The van der Waals surface area contributed by atoms with Gasteiger partial charge < -0.3 is 25.8 Å². The van der Waals surface area contributed by atoms with Gasteiger partial charge in [-0.3, -0.25) is 4.57 Å². The molecule has 19 heavy (non-hydrogen) atoms. The Bertz CT molecular complexity index is 645. The first kappa shape index (κ1) is 12.2. The van der Waals surface area contributed by atoms with Gasteiger partial charge in [0.25, 0.3) is 0 Å². The molecule has 2 atom stereocenters. The van der Waals surface area contributed by atoms with E-state index in [1.54, 1.807) is 0 Å². The Kier molecular flexibility index (Phi) is 2.44. The lowest BCUT2D eigenvalue weighted by Crippen LogP contribution is -2.38. The molecule has 0 spiro atoms. The number of halogens is 1. The van der Waals surface area contributed by atoms with Crippen LogP contribution in [0.4, 0.5) is 10.2 Å². The minimum absolute atomic E-state index is 0.0416. The van der Waals surface area contributed by atoms with Crippen molar-refractivity contribution in [1.82, 2.24) is 19.5 Å². The molecule has 102 valence electrons. The number of nitrogens with zero attached hydrogens (tertiary/aromatic N) is 4. The number of nitrogen functional groups attached to an aromatic ring is 1. The van der Waals surface area contributed by atoms with E-state index in [1.807, 2.05) is 0 Å². The van der Waals surface area contributed by atoms with Gasteiger partial charge in [0.1, 0.15) is 12.3 Å². The molecule has 0 aromatic carbocycles. The first-order valence-corrected chi connectivity index (χ1v) is 5.34.